The number of carbonyl (C=O) groups excluding carboxylic acids is 1. The summed E-state index contributed by atoms with van der Waals surface area (Å²) in [7, 11) is 0. The smallest absolute Gasteiger partial charge is 0.226 e. The monoisotopic (exact) mass is 333 g/mol. The number of benzene rings is 1. The van der Waals surface area contributed by atoms with Gasteiger partial charge in [-0.2, -0.15) is 0 Å². The van der Waals surface area contributed by atoms with Gasteiger partial charge in [0.15, 0.2) is 0 Å². The predicted molar refractivity (Wildman–Crippen MR) is 90.0 cm³/mol. The third-order valence-corrected chi connectivity index (χ3v) is 4.89. The molecule has 3 rings (SSSR count). The van der Waals surface area contributed by atoms with Crippen molar-refractivity contribution in [1.29, 1.82) is 0 Å². The quantitative estimate of drug-likeness (QED) is 0.905. The molecule has 3 N–H and O–H groups in total. The second-order valence-corrected chi connectivity index (χ2v) is 6.77. The first-order valence-electron chi connectivity index (χ1n) is 7.04. The molecule has 1 atom stereocenters. The predicted octanol–water partition coefficient (Wildman–Crippen LogP) is 3.21. The summed E-state index contributed by atoms with van der Waals surface area (Å²) in [4.78, 5) is 17.6. The lowest BCUT2D eigenvalue weighted by atomic mass is 10.0. The third-order valence-electron chi connectivity index (χ3n) is 3.54. The van der Waals surface area contributed by atoms with E-state index in [-0.39, 0.29) is 18.4 Å². The van der Waals surface area contributed by atoms with Crippen molar-refractivity contribution in [3.8, 4) is 0 Å². The van der Waals surface area contributed by atoms with E-state index in [1.807, 2.05) is 18.2 Å². The average Bonchev–Trinajstić information content (AvgIpc) is 2.50. The van der Waals surface area contributed by atoms with Crippen LogP contribution in [0.5, 0.6) is 0 Å². The van der Waals surface area contributed by atoms with E-state index in [0.717, 1.165) is 17.7 Å². The van der Waals surface area contributed by atoms with Crippen LogP contribution in [0.1, 0.15) is 23.7 Å². The number of amides is 1. The third kappa shape index (κ3) is 3.54. The standard InChI is InChI=1S/C16H16ClN3OS/c17-10-1-4-15-13(7-10)14(5-6-22-15)20-16(21)8-12-3-2-11(18)9-19-12/h1-4,7,9,14H,5-6,8,18H2,(H,20,21). The van der Waals surface area contributed by atoms with Gasteiger partial charge in [0.2, 0.25) is 5.91 Å². The van der Waals surface area contributed by atoms with Gasteiger partial charge in [0.05, 0.1) is 24.3 Å². The van der Waals surface area contributed by atoms with Crippen molar-refractivity contribution in [2.75, 3.05) is 11.5 Å². The fourth-order valence-corrected chi connectivity index (χ4v) is 3.75. The molecule has 1 aliphatic rings. The highest BCUT2D eigenvalue weighted by atomic mass is 35.5. The van der Waals surface area contributed by atoms with Crippen molar-refractivity contribution in [2.24, 2.45) is 0 Å². The van der Waals surface area contributed by atoms with Crippen molar-refractivity contribution < 1.29 is 4.79 Å². The fraction of sp³-hybridized carbons (Fsp3) is 0.250. The Morgan fingerprint density at radius 2 is 2.27 bits per heavy atom. The van der Waals surface area contributed by atoms with E-state index in [0.29, 0.717) is 16.4 Å². The van der Waals surface area contributed by atoms with Gasteiger partial charge in [-0.05, 0) is 42.3 Å². The molecule has 0 spiro atoms. The van der Waals surface area contributed by atoms with Gasteiger partial charge in [0.25, 0.3) is 0 Å². The van der Waals surface area contributed by atoms with Crippen molar-refractivity contribution in [3.05, 3.63) is 52.8 Å². The minimum atomic E-state index is -0.0416. The summed E-state index contributed by atoms with van der Waals surface area (Å²) in [6, 6.07) is 9.38. The Balaban J connectivity index is 1.70. The maximum absolute atomic E-state index is 12.2. The first-order chi connectivity index (χ1) is 10.6. The molecule has 1 amide bonds. The Morgan fingerprint density at radius 1 is 1.41 bits per heavy atom. The van der Waals surface area contributed by atoms with E-state index < -0.39 is 0 Å². The maximum Gasteiger partial charge on any atom is 0.226 e. The van der Waals surface area contributed by atoms with Gasteiger partial charge in [-0.25, -0.2) is 0 Å². The van der Waals surface area contributed by atoms with Gasteiger partial charge in [-0.1, -0.05) is 11.6 Å². The highest BCUT2D eigenvalue weighted by Crippen LogP contribution is 2.37. The average molecular weight is 334 g/mol. The first kappa shape index (κ1) is 15.2. The van der Waals surface area contributed by atoms with Gasteiger partial charge >= 0.3 is 0 Å². The summed E-state index contributed by atoms with van der Waals surface area (Å²) in [5, 5.41) is 3.78. The zero-order valence-electron chi connectivity index (χ0n) is 11.9. The minimum Gasteiger partial charge on any atom is -0.397 e. The number of nitrogens with one attached hydrogen (secondary N) is 1. The number of nitrogen functional groups attached to an aromatic ring is 1. The van der Waals surface area contributed by atoms with E-state index in [4.69, 9.17) is 17.3 Å². The van der Waals surface area contributed by atoms with Crippen LogP contribution in [0.25, 0.3) is 0 Å². The molecule has 0 saturated carbocycles. The van der Waals surface area contributed by atoms with Crippen LogP contribution in [0, 0.1) is 0 Å². The second-order valence-electron chi connectivity index (χ2n) is 5.20. The number of thioether (sulfide) groups is 1. The summed E-state index contributed by atoms with van der Waals surface area (Å²) in [5.74, 6) is 0.944. The van der Waals surface area contributed by atoms with E-state index in [1.165, 1.54) is 4.90 Å². The zero-order valence-corrected chi connectivity index (χ0v) is 13.5. The zero-order chi connectivity index (χ0) is 15.5. The number of hydrogen-bond donors (Lipinski definition) is 2. The van der Waals surface area contributed by atoms with Gasteiger partial charge in [-0.15, -0.1) is 11.8 Å². The van der Waals surface area contributed by atoms with Crippen molar-refractivity contribution >= 4 is 35.0 Å². The lowest BCUT2D eigenvalue weighted by Crippen LogP contribution is -2.32. The van der Waals surface area contributed by atoms with Crippen LogP contribution >= 0.6 is 23.4 Å². The van der Waals surface area contributed by atoms with Crippen molar-refractivity contribution in [3.63, 3.8) is 0 Å². The molecule has 0 fully saturated rings. The molecule has 0 saturated heterocycles. The molecule has 1 unspecified atom stereocenters. The van der Waals surface area contributed by atoms with Crippen LogP contribution in [-0.4, -0.2) is 16.6 Å². The first-order valence-corrected chi connectivity index (χ1v) is 8.40. The van der Waals surface area contributed by atoms with Gasteiger partial charge in [-0.3, -0.25) is 9.78 Å². The number of anilines is 1. The van der Waals surface area contributed by atoms with Crippen LogP contribution < -0.4 is 11.1 Å². The number of halogens is 1. The maximum atomic E-state index is 12.2. The van der Waals surface area contributed by atoms with E-state index >= 15 is 0 Å². The molecule has 6 heteroatoms. The van der Waals surface area contributed by atoms with Crippen LogP contribution in [-0.2, 0) is 11.2 Å². The molecule has 1 aromatic heterocycles. The van der Waals surface area contributed by atoms with Gasteiger partial charge in [0.1, 0.15) is 0 Å². The molecule has 0 bridgehead atoms. The second kappa shape index (κ2) is 6.58. The number of pyridine rings is 1. The summed E-state index contributed by atoms with van der Waals surface area (Å²) < 4.78 is 0. The Labute approximate surface area is 138 Å². The highest BCUT2D eigenvalue weighted by Gasteiger charge is 2.22. The van der Waals surface area contributed by atoms with Crippen LogP contribution in [0.4, 0.5) is 5.69 Å². The lowest BCUT2D eigenvalue weighted by Gasteiger charge is -2.26. The number of aromatic nitrogens is 1. The molecule has 4 nitrogen and oxygen atoms in total. The molecule has 2 heterocycles. The van der Waals surface area contributed by atoms with Crippen molar-refractivity contribution in [1.82, 2.24) is 10.3 Å². The Morgan fingerprint density at radius 3 is 3.05 bits per heavy atom. The topological polar surface area (TPSA) is 68.0 Å². The molecule has 1 aromatic carbocycles. The molecule has 22 heavy (non-hydrogen) atoms. The Kier molecular flexibility index (Phi) is 4.55. The van der Waals surface area contributed by atoms with Gasteiger partial charge < -0.3 is 11.1 Å². The molecule has 114 valence electrons. The van der Waals surface area contributed by atoms with Crippen LogP contribution in [0.15, 0.2) is 41.4 Å². The molecule has 0 radical (unpaired) electrons. The van der Waals surface area contributed by atoms with Gasteiger partial charge in [0, 0.05) is 21.4 Å². The normalized spacial score (nSPS) is 16.9. The number of nitrogens with zero attached hydrogens (tertiary/aromatic N) is 1. The van der Waals surface area contributed by atoms with Crippen molar-refractivity contribution in [2.45, 2.75) is 23.8 Å². The molecular formula is C16H16ClN3OS. The number of nitrogens with two attached hydrogens (primary N) is 1. The number of hydrogen-bond acceptors (Lipinski definition) is 4. The minimum absolute atomic E-state index is 0.0104. The summed E-state index contributed by atoms with van der Waals surface area (Å²) >= 11 is 7.88. The lowest BCUT2D eigenvalue weighted by molar-refractivity contribution is -0.121. The molecule has 2 aromatic rings. The SMILES string of the molecule is Nc1ccc(CC(=O)NC2CCSc3ccc(Cl)cc32)nc1. The molecular weight excluding hydrogens is 318 g/mol. The summed E-state index contributed by atoms with van der Waals surface area (Å²) in [5.41, 5.74) is 8.00. The summed E-state index contributed by atoms with van der Waals surface area (Å²) in [6.45, 7) is 0. The largest absolute Gasteiger partial charge is 0.397 e. The molecule has 0 aliphatic carbocycles. The molecule has 1 aliphatic heterocycles. The Hall–Kier alpha value is -1.72. The van der Waals surface area contributed by atoms with Crippen LogP contribution in [0.2, 0.25) is 5.02 Å². The van der Waals surface area contributed by atoms with Crippen LogP contribution in [0.3, 0.4) is 0 Å². The summed E-state index contributed by atoms with van der Waals surface area (Å²) in [6.07, 6.45) is 2.72. The van der Waals surface area contributed by atoms with E-state index in [1.54, 1.807) is 30.1 Å². The number of rotatable bonds is 3. The van der Waals surface area contributed by atoms with E-state index in [9.17, 15) is 4.79 Å². The van der Waals surface area contributed by atoms with E-state index in [2.05, 4.69) is 10.3 Å². The number of fused-ring (bicyclic) bond motifs is 1. The fourth-order valence-electron chi connectivity index (χ4n) is 2.47. The Bertz CT molecular complexity index is 690. The number of carbonyl (C=O) groups is 1. The highest BCUT2D eigenvalue weighted by molar-refractivity contribution is 7.99.